The van der Waals surface area contributed by atoms with Gasteiger partial charge in [0.1, 0.15) is 11.6 Å². The van der Waals surface area contributed by atoms with Crippen molar-refractivity contribution in [1.82, 2.24) is 15.1 Å². The number of hydrogen-bond donors (Lipinski definition) is 0. The Bertz CT molecular complexity index is 569. The fraction of sp³-hybridized carbons (Fsp3) is 0.812. The van der Waals surface area contributed by atoms with Crippen LogP contribution in [0.3, 0.4) is 0 Å². The number of nitrogens with zero attached hydrogens (tertiary/aromatic N) is 4. The number of amides is 1. The fourth-order valence-corrected chi connectivity index (χ4v) is 4.08. The molecule has 2 aliphatic rings. The highest BCUT2D eigenvalue weighted by atomic mass is 32.1. The summed E-state index contributed by atoms with van der Waals surface area (Å²) in [5, 5.41) is 10.4. The molecular weight excluding hydrogens is 328 g/mol. The summed E-state index contributed by atoms with van der Waals surface area (Å²) < 4.78 is 11.5. The summed E-state index contributed by atoms with van der Waals surface area (Å²) in [6, 6.07) is 0. The zero-order chi connectivity index (χ0) is 17.2. The molecule has 0 aromatic carbocycles. The van der Waals surface area contributed by atoms with Crippen LogP contribution in [0, 0.1) is 12.3 Å². The number of likely N-dealkylation sites (N-methyl/N-ethyl adjacent to an activating group) is 1. The molecule has 0 aliphatic carbocycles. The van der Waals surface area contributed by atoms with Crippen molar-refractivity contribution in [2.75, 3.05) is 51.9 Å². The maximum absolute atomic E-state index is 11.5. The smallest absolute Gasteiger partial charge is 0.248 e. The Hall–Kier alpha value is -1.25. The van der Waals surface area contributed by atoms with Crippen LogP contribution in [0.5, 0.6) is 0 Å². The molecule has 7 nitrogen and oxygen atoms in total. The Kier molecular flexibility index (Phi) is 5.36. The SMILES string of the molecule is Cc1nnc(N2CCC3(CC2)CO[C@@H](COCC(=O)N(C)C)C3)s1. The number of piperidine rings is 1. The highest BCUT2D eigenvalue weighted by Gasteiger charge is 2.42. The average molecular weight is 354 g/mol. The molecule has 1 aromatic rings. The Labute approximate surface area is 146 Å². The van der Waals surface area contributed by atoms with Crippen molar-refractivity contribution in [3.63, 3.8) is 0 Å². The molecule has 8 heteroatoms. The molecule has 3 rings (SSSR count). The Morgan fingerprint density at radius 1 is 1.42 bits per heavy atom. The van der Waals surface area contributed by atoms with Gasteiger partial charge in [-0.15, -0.1) is 10.2 Å². The van der Waals surface area contributed by atoms with Crippen molar-refractivity contribution in [3.8, 4) is 0 Å². The molecule has 0 bridgehead atoms. The number of aromatic nitrogens is 2. The minimum absolute atomic E-state index is 0.0108. The molecule has 0 N–H and O–H groups in total. The summed E-state index contributed by atoms with van der Waals surface area (Å²) >= 11 is 1.66. The van der Waals surface area contributed by atoms with Crippen LogP contribution in [-0.4, -0.2) is 74.1 Å². The van der Waals surface area contributed by atoms with Crippen LogP contribution in [0.1, 0.15) is 24.3 Å². The molecule has 2 aliphatic heterocycles. The van der Waals surface area contributed by atoms with Crippen LogP contribution in [0.25, 0.3) is 0 Å². The van der Waals surface area contributed by atoms with Crippen molar-refractivity contribution in [2.24, 2.45) is 5.41 Å². The normalized spacial score (nSPS) is 23.0. The van der Waals surface area contributed by atoms with Crippen molar-refractivity contribution in [2.45, 2.75) is 32.3 Å². The van der Waals surface area contributed by atoms with E-state index in [0.717, 1.165) is 49.1 Å². The maximum atomic E-state index is 11.5. The first-order valence-electron chi connectivity index (χ1n) is 8.42. The van der Waals surface area contributed by atoms with Gasteiger partial charge in [-0.25, -0.2) is 0 Å². The second-order valence-electron chi connectivity index (χ2n) is 7.03. The third kappa shape index (κ3) is 4.04. The lowest BCUT2D eigenvalue weighted by molar-refractivity contribution is -0.134. The van der Waals surface area contributed by atoms with E-state index in [-0.39, 0.29) is 24.0 Å². The van der Waals surface area contributed by atoms with Crippen LogP contribution >= 0.6 is 11.3 Å². The number of carbonyl (C=O) groups is 1. The van der Waals surface area contributed by atoms with Gasteiger partial charge in [-0.05, 0) is 31.6 Å². The zero-order valence-electron chi connectivity index (χ0n) is 14.7. The van der Waals surface area contributed by atoms with E-state index >= 15 is 0 Å². The first kappa shape index (κ1) is 17.6. The summed E-state index contributed by atoms with van der Waals surface area (Å²) in [4.78, 5) is 15.4. The summed E-state index contributed by atoms with van der Waals surface area (Å²) in [5.74, 6) is -0.0108. The quantitative estimate of drug-likeness (QED) is 0.795. The molecule has 1 atom stereocenters. The summed E-state index contributed by atoms with van der Waals surface area (Å²) in [7, 11) is 3.47. The van der Waals surface area contributed by atoms with Gasteiger partial charge in [0.05, 0.1) is 19.3 Å². The topological polar surface area (TPSA) is 67.8 Å². The van der Waals surface area contributed by atoms with Crippen molar-refractivity contribution in [3.05, 3.63) is 5.01 Å². The number of aryl methyl sites for hydroxylation is 1. The van der Waals surface area contributed by atoms with E-state index in [4.69, 9.17) is 9.47 Å². The highest BCUT2D eigenvalue weighted by Crippen LogP contribution is 2.43. The van der Waals surface area contributed by atoms with E-state index < -0.39 is 0 Å². The van der Waals surface area contributed by atoms with E-state index in [9.17, 15) is 4.79 Å². The van der Waals surface area contributed by atoms with Gasteiger partial charge in [-0.2, -0.15) is 0 Å². The van der Waals surface area contributed by atoms with Crippen LogP contribution < -0.4 is 4.90 Å². The first-order chi connectivity index (χ1) is 11.5. The van der Waals surface area contributed by atoms with E-state index in [1.165, 1.54) is 0 Å². The molecule has 0 saturated carbocycles. The molecule has 0 radical (unpaired) electrons. The number of carbonyl (C=O) groups excluding carboxylic acids is 1. The van der Waals surface area contributed by atoms with Gasteiger partial charge in [0.15, 0.2) is 0 Å². The van der Waals surface area contributed by atoms with Gasteiger partial charge < -0.3 is 19.3 Å². The van der Waals surface area contributed by atoms with Gasteiger partial charge >= 0.3 is 0 Å². The average Bonchev–Trinajstić information content (AvgIpc) is 3.15. The van der Waals surface area contributed by atoms with E-state index in [0.29, 0.717) is 6.61 Å². The number of ether oxygens (including phenoxy) is 2. The van der Waals surface area contributed by atoms with Gasteiger partial charge in [0.2, 0.25) is 11.0 Å². The third-order valence-corrected chi connectivity index (χ3v) is 5.82. The minimum atomic E-state index is -0.0108. The maximum Gasteiger partial charge on any atom is 0.248 e. The van der Waals surface area contributed by atoms with Gasteiger partial charge in [-0.3, -0.25) is 4.79 Å². The lowest BCUT2D eigenvalue weighted by Gasteiger charge is -2.38. The molecule has 2 saturated heterocycles. The summed E-state index contributed by atoms with van der Waals surface area (Å²) in [5.41, 5.74) is 0.260. The van der Waals surface area contributed by atoms with E-state index in [1.807, 2.05) is 6.92 Å². The lowest BCUT2D eigenvalue weighted by Crippen LogP contribution is -2.40. The van der Waals surface area contributed by atoms with Gasteiger partial charge in [0.25, 0.3) is 0 Å². The van der Waals surface area contributed by atoms with Crippen molar-refractivity contribution in [1.29, 1.82) is 0 Å². The third-order valence-electron chi connectivity index (χ3n) is 4.92. The molecule has 1 spiro atoms. The number of rotatable bonds is 5. The molecule has 1 aromatic heterocycles. The standard InChI is InChI=1S/C16H26N4O3S/c1-12-17-18-15(24-12)20-6-4-16(5-7-20)8-13(23-11-16)9-22-10-14(21)19(2)3/h13H,4-11H2,1-3H3/t13-/m1/s1. The molecule has 2 fully saturated rings. The Morgan fingerprint density at radius 3 is 2.79 bits per heavy atom. The van der Waals surface area contributed by atoms with E-state index in [1.54, 1.807) is 30.3 Å². The largest absolute Gasteiger partial charge is 0.375 e. The van der Waals surface area contributed by atoms with Crippen LogP contribution in [0.4, 0.5) is 5.13 Å². The predicted molar refractivity (Wildman–Crippen MR) is 92.4 cm³/mol. The molecule has 0 unspecified atom stereocenters. The second kappa shape index (κ2) is 7.33. The Balaban J connectivity index is 1.43. The van der Waals surface area contributed by atoms with Crippen LogP contribution in [0.15, 0.2) is 0 Å². The molecule has 134 valence electrons. The molecule has 1 amide bonds. The van der Waals surface area contributed by atoms with Gasteiger partial charge in [0, 0.05) is 27.2 Å². The highest BCUT2D eigenvalue weighted by molar-refractivity contribution is 7.15. The van der Waals surface area contributed by atoms with Crippen LogP contribution in [0.2, 0.25) is 0 Å². The first-order valence-corrected chi connectivity index (χ1v) is 9.24. The minimum Gasteiger partial charge on any atom is -0.375 e. The molecule has 24 heavy (non-hydrogen) atoms. The lowest BCUT2D eigenvalue weighted by atomic mass is 9.77. The molecule has 3 heterocycles. The van der Waals surface area contributed by atoms with Gasteiger partial charge in [-0.1, -0.05) is 11.3 Å². The number of anilines is 1. The summed E-state index contributed by atoms with van der Waals surface area (Å²) in [6.45, 7) is 5.43. The van der Waals surface area contributed by atoms with Crippen molar-refractivity contribution < 1.29 is 14.3 Å². The second-order valence-corrected chi connectivity index (χ2v) is 8.19. The Morgan fingerprint density at radius 2 is 2.17 bits per heavy atom. The molecular formula is C16H26N4O3S. The fourth-order valence-electron chi connectivity index (χ4n) is 3.34. The zero-order valence-corrected chi connectivity index (χ0v) is 15.5. The predicted octanol–water partition coefficient (Wildman–Crippen LogP) is 1.33. The number of hydrogen-bond acceptors (Lipinski definition) is 7. The summed E-state index contributed by atoms with van der Waals surface area (Å²) in [6.07, 6.45) is 3.35. The van der Waals surface area contributed by atoms with E-state index in [2.05, 4.69) is 15.1 Å². The van der Waals surface area contributed by atoms with Crippen molar-refractivity contribution >= 4 is 22.4 Å². The van der Waals surface area contributed by atoms with Crippen LogP contribution in [-0.2, 0) is 14.3 Å². The monoisotopic (exact) mass is 354 g/mol.